The number of halogens is 1. The monoisotopic (exact) mass is 415 g/mol. The van der Waals surface area contributed by atoms with Crippen LogP contribution in [0, 0.1) is 0 Å². The maximum absolute atomic E-state index is 12.1. The maximum Gasteiger partial charge on any atom is 0.295 e. The fraction of sp³-hybridized carbons (Fsp3) is 0.286. The van der Waals surface area contributed by atoms with Crippen LogP contribution in [0.1, 0.15) is 21.5 Å². The second-order valence-electron chi connectivity index (χ2n) is 7.15. The van der Waals surface area contributed by atoms with Crippen LogP contribution in [0.15, 0.2) is 53.6 Å². The van der Waals surface area contributed by atoms with Crippen LogP contribution in [-0.4, -0.2) is 50.8 Å². The summed E-state index contributed by atoms with van der Waals surface area (Å²) in [6.07, 6.45) is 1.48. The number of carbonyl (C=O) groups is 2. The molecule has 0 spiro atoms. The van der Waals surface area contributed by atoms with Crippen molar-refractivity contribution in [1.82, 2.24) is 5.43 Å². The Balaban J connectivity index is 1.39. The SMILES string of the molecule is O=C(C[NH+]1CC[NH+](Cc2ccccc2Cl)CC1)NN=Cc1ccc(C(=O)[O-])cc1. The van der Waals surface area contributed by atoms with Gasteiger partial charge in [-0.1, -0.05) is 54.1 Å². The molecule has 0 saturated carbocycles. The van der Waals surface area contributed by atoms with E-state index in [1.165, 1.54) is 28.1 Å². The number of nitrogens with one attached hydrogen (secondary N) is 3. The van der Waals surface area contributed by atoms with Crippen LogP contribution in [0.25, 0.3) is 0 Å². The summed E-state index contributed by atoms with van der Waals surface area (Å²) in [4.78, 5) is 25.5. The third-order valence-electron chi connectivity index (χ3n) is 5.02. The van der Waals surface area contributed by atoms with Gasteiger partial charge in [-0.15, -0.1) is 0 Å². The van der Waals surface area contributed by atoms with Gasteiger partial charge in [0.15, 0.2) is 6.54 Å². The Morgan fingerprint density at radius 3 is 2.34 bits per heavy atom. The van der Waals surface area contributed by atoms with Crippen LogP contribution < -0.4 is 20.3 Å². The highest BCUT2D eigenvalue weighted by molar-refractivity contribution is 6.31. The number of nitrogens with zero attached hydrogens (tertiary/aromatic N) is 1. The predicted octanol–water partition coefficient (Wildman–Crippen LogP) is -1.86. The van der Waals surface area contributed by atoms with Crippen LogP contribution in [0.4, 0.5) is 0 Å². The molecule has 2 aromatic carbocycles. The number of benzene rings is 2. The van der Waals surface area contributed by atoms with Crippen LogP contribution in [0.3, 0.4) is 0 Å². The second kappa shape index (κ2) is 10.2. The summed E-state index contributed by atoms with van der Waals surface area (Å²) >= 11 is 6.24. The summed E-state index contributed by atoms with van der Waals surface area (Å²) < 4.78 is 0. The number of carboxylic acid groups (broad SMARTS) is 1. The van der Waals surface area contributed by atoms with Crippen molar-refractivity contribution in [3.63, 3.8) is 0 Å². The summed E-state index contributed by atoms with van der Waals surface area (Å²) in [5, 5.41) is 15.5. The number of carbonyl (C=O) groups excluding carboxylic acids is 2. The van der Waals surface area contributed by atoms with Gasteiger partial charge in [-0.3, -0.25) is 4.79 Å². The molecule has 29 heavy (non-hydrogen) atoms. The van der Waals surface area contributed by atoms with Gasteiger partial charge in [-0.05, 0) is 17.2 Å². The van der Waals surface area contributed by atoms with Crippen LogP contribution in [-0.2, 0) is 11.3 Å². The highest BCUT2D eigenvalue weighted by Gasteiger charge is 2.25. The largest absolute Gasteiger partial charge is 0.545 e. The number of aromatic carboxylic acids is 1. The van der Waals surface area contributed by atoms with E-state index in [0.29, 0.717) is 12.1 Å². The first-order chi connectivity index (χ1) is 14.0. The van der Waals surface area contributed by atoms with E-state index in [9.17, 15) is 14.7 Å². The van der Waals surface area contributed by atoms with Crippen molar-refractivity contribution in [2.45, 2.75) is 6.54 Å². The highest BCUT2D eigenvalue weighted by Crippen LogP contribution is 2.13. The molecule has 0 bridgehead atoms. The van der Waals surface area contributed by atoms with Gasteiger partial charge in [0.1, 0.15) is 32.7 Å². The Hall–Kier alpha value is -2.74. The summed E-state index contributed by atoms with van der Waals surface area (Å²) in [7, 11) is 0. The fourth-order valence-corrected chi connectivity index (χ4v) is 3.57. The molecule has 0 aliphatic carbocycles. The lowest BCUT2D eigenvalue weighted by Crippen LogP contribution is -3.28. The normalized spacial score (nSPS) is 19.2. The standard InChI is InChI=1S/C21H23ClN4O3/c22-19-4-2-1-3-18(19)14-25-9-11-26(12-10-25)15-20(27)24-23-13-16-5-7-17(8-6-16)21(28)29/h1-8,13H,9-12,14-15H2,(H,24,27)(H,28,29)/p+1. The number of carboxylic acids is 1. The van der Waals surface area contributed by atoms with Gasteiger partial charge in [-0.2, -0.15) is 5.10 Å². The molecule has 1 aliphatic rings. The van der Waals surface area contributed by atoms with E-state index in [1.807, 2.05) is 18.2 Å². The molecule has 0 radical (unpaired) electrons. The summed E-state index contributed by atoms with van der Waals surface area (Å²) in [6.45, 7) is 5.09. The molecular weight excluding hydrogens is 392 g/mol. The zero-order chi connectivity index (χ0) is 20.6. The minimum Gasteiger partial charge on any atom is -0.545 e. The third kappa shape index (κ3) is 6.39. The van der Waals surface area contributed by atoms with E-state index in [1.54, 1.807) is 12.1 Å². The van der Waals surface area contributed by atoms with E-state index in [0.717, 1.165) is 43.3 Å². The lowest BCUT2D eigenvalue weighted by Gasteiger charge is -2.29. The topological polar surface area (TPSA) is 90.5 Å². The Bertz CT molecular complexity index is 878. The third-order valence-corrected chi connectivity index (χ3v) is 5.39. The molecule has 7 nitrogen and oxygen atoms in total. The Morgan fingerprint density at radius 2 is 1.69 bits per heavy atom. The maximum atomic E-state index is 12.1. The van der Waals surface area contributed by atoms with Gasteiger partial charge < -0.3 is 19.7 Å². The van der Waals surface area contributed by atoms with E-state index in [4.69, 9.17) is 11.6 Å². The molecule has 0 atom stereocenters. The Labute approximate surface area is 174 Å². The lowest BCUT2D eigenvalue weighted by atomic mass is 10.1. The van der Waals surface area contributed by atoms with Gasteiger partial charge in [0.25, 0.3) is 5.91 Å². The molecule has 0 aromatic heterocycles. The predicted molar refractivity (Wildman–Crippen MR) is 108 cm³/mol. The van der Waals surface area contributed by atoms with Crippen LogP contribution in [0.5, 0.6) is 0 Å². The molecule has 1 aliphatic heterocycles. The molecule has 1 fully saturated rings. The summed E-state index contributed by atoms with van der Waals surface area (Å²) in [5.41, 5.74) is 4.49. The molecular formula is C21H24ClN4O3+. The quantitative estimate of drug-likeness (QED) is 0.366. The van der Waals surface area contributed by atoms with E-state index < -0.39 is 5.97 Å². The van der Waals surface area contributed by atoms with Gasteiger partial charge in [0.05, 0.1) is 12.2 Å². The smallest absolute Gasteiger partial charge is 0.295 e. The van der Waals surface area contributed by atoms with E-state index >= 15 is 0 Å². The van der Waals surface area contributed by atoms with Crippen molar-refractivity contribution >= 4 is 29.7 Å². The second-order valence-corrected chi connectivity index (χ2v) is 7.55. The van der Waals surface area contributed by atoms with E-state index in [2.05, 4.69) is 16.6 Å². The van der Waals surface area contributed by atoms with Gasteiger partial charge >= 0.3 is 0 Å². The zero-order valence-corrected chi connectivity index (χ0v) is 16.7. The van der Waals surface area contributed by atoms with Gasteiger partial charge in [0.2, 0.25) is 0 Å². The first-order valence-electron chi connectivity index (χ1n) is 9.55. The van der Waals surface area contributed by atoms with Crippen molar-refractivity contribution in [2.75, 3.05) is 32.7 Å². The van der Waals surface area contributed by atoms with Gasteiger partial charge in [0, 0.05) is 10.6 Å². The Kier molecular flexibility index (Phi) is 7.35. The highest BCUT2D eigenvalue weighted by atomic mass is 35.5. The summed E-state index contributed by atoms with van der Waals surface area (Å²) in [5.74, 6) is -1.37. The van der Waals surface area contributed by atoms with E-state index in [-0.39, 0.29) is 11.5 Å². The summed E-state index contributed by atoms with van der Waals surface area (Å²) in [6, 6.07) is 14.0. The minimum atomic E-state index is -1.22. The molecule has 152 valence electrons. The molecule has 3 rings (SSSR count). The first-order valence-corrected chi connectivity index (χ1v) is 9.93. The first kappa shape index (κ1) is 21.0. The lowest BCUT2D eigenvalue weighted by molar-refractivity contribution is -1.02. The molecule has 2 aromatic rings. The molecule has 1 heterocycles. The number of amides is 1. The van der Waals surface area contributed by atoms with Crippen molar-refractivity contribution < 1.29 is 24.5 Å². The zero-order valence-electron chi connectivity index (χ0n) is 16.0. The van der Waals surface area contributed by atoms with Crippen LogP contribution in [0.2, 0.25) is 5.02 Å². The van der Waals surface area contributed by atoms with Gasteiger partial charge in [-0.25, -0.2) is 5.43 Å². The molecule has 8 heteroatoms. The van der Waals surface area contributed by atoms with Crippen LogP contribution >= 0.6 is 11.6 Å². The minimum absolute atomic E-state index is 0.102. The van der Waals surface area contributed by atoms with Crippen molar-refractivity contribution in [3.05, 3.63) is 70.2 Å². The number of quaternary nitrogens is 2. The number of hydrazone groups is 1. The number of rotatable bonds is 7. The average molecular weight is 416 g/mol. The number of hydrogen-bond acceptors (Lipinski definition) is 4. The number of hydrogen-bond donors (Lipinski definition) is 3. The molecule has 1 saturated heterocycles. The van der Waals surface area contributed by atoms with Crippen molar-refractivity contribution in [3.8, 4) is 0 Å². The van der Waals surface area contributed by atoms with Crippen molar-refractivity contribution in [1.29, 1.82) is 0 Å². The average Bonchev–Trinajstić information content (AvgIpc) is 2.71. The molecule has 3 N–H and O–H groups in total. The Morgan fingerprint density at radius 1 is 1.03 bits per heavy atom. The number of piperazine rings is 1. The molecule has 0 unspecified atom stereocenters. The molecule has 1 amide bonds. The van der Waals surface area contributed by atoms with Crippen molar-refractivity contribution in [2.24, 2.45) is 5.10 Å². The fourth-order valence-electron chi connectivity index (χ4n) is 3.37.